The first-order valence-corrected chi connectivity index (χ1v) is 9.76. The minimum atomic E-state index is -0.200. The molecular weight excluding hydrogens is 368 g/mol. The fourth-order valence-electron chi connectivity index (χ4n) is 3.27. The number of hydrogen-bond acceptors (Lipinski definition) is 5. The Hall–Kier alpha value is -2.99. The molecule has 0 saturated heterocycles. The van der Waals surface area contributed by atoms with Crippen molar-refractivity contribution in [3.63, 3.8) is 0 Å². The number of fused-ring (bicyclic) bond motifs is 1. The first kappa shape index (κ1) is 20.7. The van der Waals surface area contributed by atoms with Crippen molar-refractivity contribution in [3.05, 3.63) is 59.9 Å². The molecule has 0 radical (unpaired) electrons. The predicted octanol–water partition coefficient (Wildman–Crippen LogP) is 4.15. The van der Waals surface area contributed by atoms with Gasteiger partial charge in [0.05, 0.1) is 26.3 Å². The second kappa shape index (κ2) is 9.47. The molecule has 2 aromatic carbocycles. The minimum absolute atomic E-state index is 0.0571. The highest BCUT2D eigenvalue weighted by molar-refractivity contribution is 5.80. The highest BCUT2D eigenvalue weighted by atomic mass is 16.5. The number of nitrogens with zero attached hydrogens (tertiary/aromatic N) is 1. The Balaban J connectivity index is 1.56. The van der Waals surface area contributed by atoms with Crippen LogP contribution in [-0.2, 0) is 11.3 Å². The van der Waals surface area contributed by atoms with Crippen LogP contribution in [0.15, 0.2) is 52.9 Å². The van der Waals surface area contributed by atoms with Crippen LogP contribution in [0.1, 0.15) is 31.2 Å². The highest BCUT2D eigenvalue weighted by Crippen LogP contribution is 2.28. The first-order chi connectivity index (χ1) is 14.0. The van der Waals surface area contributed by atoms with E-state index in [9.17, 15) is 4.79 Å². The van der Waals surface area contributed by atoms with Crippen LogP contribution in [0.5, 0.6) is 11.5 Å². The Labute approximate surface area is 171 Å². The molecule has 1 heterocycles. The van der Waals surface area contributed by atoms with Gasteiger partial charge in [-0.05, 0) is 50.7 Å². The average Bonchev–Trinajstić information content (AvgIpc) is 3.13. The van der Waals surface area contributed by atoms with Crippen molar-refractivity contribution in [2.24, 2.45) is 0 Å². The Kier molecular flexibility index (Phi) is 6.77. The Morgan fingerprint density at radius 2 is 1.97 bits per heavy atom. The maximum absolute atomic E-state index is 12.5. The molecule has 1 atom stereocenters. The Bertz CT molecular complexity index is 933. The monoisotopic (exact) mass is 396 g/mol. The number of nitrogens with one attached hydrogen (secondary N) is 1. The van der Waals surface area contributed by atoms with E-state index in [2.05, 4.69) is 5.32 Å². The summed E-state index contributed by atoms with van der Waals surface area (Å²) in [4.78, 5) is 14.4. The lowest BCUT2D eigenvalue weighted by atomic mass is 10.2. The van der Waals surface area contributed by atoms with Gasteiger partial charge in [-0.3, -0.25) is 9.69 Å². The molecular formula is C23H28N2O4. The largest absolute Gasteiger partial charge is 0.493 e. The molecule has 1 aromatic heterocycles. The van der Waals surface area contributed by atoms with E-state index in [1.54, 1.807) is 7.11 Å². The quantitative estimate of drug-likeness (QED) is 0.589. The van der Waals surface area contributed by atoms with Crippen molar-refractivity contribution in [1.29, 1.82) is 0 Å². The van der Waals surface area contributed by atoms with Crippen molar-refractivity contribution in [1.82, 2.24) is 10.2 Å². The van der Waals surface area contributed by atoms with E-state index in [4.69, 9.17) is 13.9 Å². The molecule has 1 N–H and O–H groups in total. The topological polar surface area (TPSA) is 63.9 Å². The fraction of sp³-hybridized carbons (Fsp3) is 0.348. The molecule has 0 aliphatic carbocycles. The van der Waals surface area contributed by atoms with Crippen molar-refractivity contribution in [2.75, 3.05) is 27.3 Å². The third-order valence-electron chi connectivity index (χ3n) is 4.64. The van der Waals surface area contributed by atoms with E-state index < -0.39 is 0 Å². The van der Waals surface area contributed by atoms with Crippen molar-refractivity contribution in [2.45, 2.75) is 26.4 Å². The molecule has 29 heavy (non-hydrogen) atoms. The molecule has 0 aliphatic heterocycles. The smallest absolute Gasteiger partial charge is 0.234 e. The normalized spacial score (nSPS) is 12.2. The molecule has 0 unspecified atom stereocenters. The number of furan rings is 1. The van der Waals surface area contributed by atoms with E-state index in [0.717, 1.165) is 28.0 Å². The van der Waals surface area contributed by atoms with Crippen LogP contribution >= 0.6 is 0 Å². The summed E-state index contributed by atoms with van der Waals surface area (Å²) in [5.41, 5.74) is 1.87. The summed E-state index contributed by atoms with van der Waals surface area (Å²) in [5, 5.41) is 4.04. The van der Waals surface area contributed by atoms with Gasteiger partial charge in [-0.15, -0.1) is 0 Å². The number of carbonyl (C=O) groups excluding carboxylic acids is 1. The zero-order valence-corrected chi connectivity index (χ0v) is 17.4. The number of carbonyl (C=O) groups is 1. The zero-order valence-electron chi connectivity index (χ0n) is 17.4. The van der Waals surface area contributed by atoms with E-state index in [1.165, 1.54) is 0 Å². The number of para-hydroxylation sites is 1. The van der Waals surface area contributed by atoms with Crippen LogP contribution in [0.4, 0.5) is 0 Å². The molecule has 154 valence electrons. The summed E-state index contributed by atoms with van der Waals surface area (Å²) in [6.45, 7) is 5.34. The maximum atomic E-state index is 12.5. The van der Waals surface area contributed by atoms with Gasteiger partial charge in [-0.1, -0.05) is 24.3 Å². The number of amides is 1. The molecule has 6 heteroatoms. The zero-order chi connectivity index (χ0) is 20.8. The summed E-state index contributed by atoms with van der Waals surface area (Å²) in [6, 6.07) is 15.4. The number of likely N-dealkylation sites (N-methyl/N-ethyl adjacent to an activating group) is 1. The number of benzene rings is 2. The maximum Gasteiger partial charge on any atom is 0.234 e. The van der Waals surface area contributed by atoms with Crippen LogP contribution in [-0.4, -0.2) is 38.1 Å². The lowest BCUT2D eigenvalue weighted by Gasteiger charge is -2.19. The second-order valence-corrected chi connectivity index (χ2v) is 7.07. The van der Waals surface area contributed by atoms with Gasteiger partial charge < -0.3 is 19.2 Å². The fourth-order valence-corrected chi connectivity index (χ4v) is 3.27. The van der Waals surface area contributed by atoms with Gasteiger partial charge in [-0.25, -0.2) is 0 Å². The number of ether oxygens (including phenoxy) is 2. The molecule has 0 bridgehead atoms. The van der Waals surface area contributed by atoms with Crippen molar-refractivity contribution < 1.29 is 18.7 Å². The minimum Gasteiger partial charge on any atom is -0.493 e. The number of hydrogen-bond donors (Lipinski definition) is 1. The van der Waals surface area contributed by atoms with Crippen LogP contribution in [0.25, 0.3) is 11.0 Å². The lowest BCUT2D eigenvalue weighted by molar-refractivity contribution is -0.122. The average molecular weight is 396 g/mol. The Morgan fingerprint density at radius 1 is 1.17 bits per heavy atom. The Morgan fingerprint density at radius 3 is 2.69 bits per heavy atom. The molecule has 0 spiro atoms. The van der Waals surface area contributed by atoms with Gasteiger partial charge in [0.25, 0.3) is 0 Å². The molecule has 1 amide bonds. The third-order valence-corrected chi connectivity index (χ3v) is 4.64. The number of rotatable bonds is 9. The van der Waals surface area contributed by atoms with Crippen LogP contribution in [0.2, 0.25) is 0 Å². The van der Waals surface area contributed by atoms with Gasteiger partial charge in [0.15, 0.2) is 11.5 Å². The van der Waals surface area contributed by atoms with Gasteiger partial charge in [0, 0.05) is 11.9 Å². The van der Waals surface area contributed by atoms with E-state index >= 15 is 0 Å². The molecule has 6 nitrogen and oxygen atoms in total. The molecule has 0 aliphatic rings. The third kappa shape index (κ3) is 5.29. The van der Waals surface area contributed by atoms with Crippen LogP contribution in [0.3, 0.4) is 0 Å². The molecule has 3 rings (SSSR count). The van der Waals surface area contributed by atoms with Crippen molar-refractivity contribution >= 4 is 16.9 Å². The van der Waals surface area contributed by atoms with Crippen LogP contribution in [0, 0.1) is 0 Å². The second-order valence-electron chi connectivity index (χ2n) is 7.07. The highest BCUT2D eigenvalue weighted by Gasteiger charge is 2.16. The molecule has 0 fully saturated rings. The molecule has 0 saturated carbocycles. The van der Waals surface area contributed by atoms with Gasteiger partial charge in [0.1, 0.15) is 11.3 Å². The van der Waals surface area contributed by atoms with E-state index in [0.29, 0.717) is 18.9 Å². The number of methoxy groups -OCH3 is 1. The van der Waals surface area contributed by atoms with Crippen molar-refractivity contribution in [3.8, 4) is 11.5 Å². The summed E-state index contributed by atoms with van der Waals surface area (Å²) in [6.07, 6.45) is 0. The predicted molar refractivity (Wildman–Crippen MR) is 113 cm³/mol. The summed E-state index contributed by atoms with van der Waals surface area (Å²) >= 11 is 0. The van der Waals surface area contributed by atoms with Crippen LogP contribution < -0.4 is 14.8 Å². The van der Waals surface area contributed by atoms with E-state index in [-0.39, 0.29) is 18.5 Å². The lowest BCUT2D eigenvalue weighted by Crippen LogP contribution is -2.36. The van der Waals surface area contributed by atoms with Gasteiger partial charge in [-0.2, -0.15) is 0 Å². The van der Waals surface area contributed by atoms with Gasteiger partial charge in [0.2, 0.25) is 5.91 Å². The SMILES string of the molecule is CCOc1ccc(CN(C)CC(=O)N[C@H](C)c2cc3ccccc3o2)cc1OC. The van der Waals surface area contributed by atoms with Gasteiger partial charge >= 0.3 is 0 Å². The van der Waals surface area contributed by atoms with E-state index in [1.807, 2.05) is 74.3 Å². The standard InChI is InChI=1S/C23H28N2O4/c1-5-28-20-11-10-17(12-22(20)27-4)14-25(3)15-23(26)24-16(2)21-13-18-8-6-7-9-19(18)29-21/h6-13,16H,5,14-15H2,1-4H3,(H,24,26)/t16-/m1/s1. The molecule has 3 aromatic rings. The summed E-state index contributed by atoms with van der Waals surface area (Å²) in [7, 11) is 3.53. The summed E-state index contributed by atoms with van der Waals surface area (Å²) < 4.78 is 16.8. The summed E-state index contributed by atoms with van der Waals surface area (Å²) in [5.74, 6) is 2.11. The first-order valence-electron chi connectivity index (χ1n) is 9.76.